The summed E-state index contributed by atoms with van der Waals surface area (Å²) >= 11 is 5.98. The van der Waals surface area contributed by atoms with Crippen LogP contribution in [0.25, 0.3) is 0 Å². The molecule has 0 aromatic heterocycles. The molecule has 122 valence electrons. The van der Waals surface area contributed by atoms with Gasteiger partial charge in [0.15, 0.2) is 0 Å². The van der Waals surface area contributed by atoms with E-state index in [4.69, 9.17) is 11.6 Å². The molecule has 1 N–H and O–H groups in total. The Kier molecular flexibility index (Phi) is 5.28. The number of alkyl halides is 3. The van der Waals surface area contributed by atoms with Gasteiger partial charge in [0, 0.05) is 29.7 Å². The lowest BCUT2D eigenvalue weighted by Gasteiger charge is -2.31. The zero-order valence-electron chi connectivity index (χ0n) is 11.7. The molecule has 1 aromatic carbocycles. The predicted octanol–water partition coefficient (Wildman–Crippen LogP) is 4.46. The van der Waals surface area contributed by atoms with Crippen molar-refractivity contribution in [2.75, 3.05) is 0 Å². The van der Waals surface area contributed by atoms with Gasteiger partial charge in [0.25, 0.3) is 5.69 Å². The van der Waals surface area contributed by atoms with Crippen molar-refractivity contribution >= 4 is 17.3 Å². The van der Waals surface area contributed by atoms with Crippen LogP contribution in [0.3, 0.4) is 0 Å². The molecular weight excluding hydrogens is 321 g/mol. The van der Waals surface area contributed by atoms with Gasteiger partial charge in [0.05, 0.1) is 10.8 Å². The van der Waals surface area contributed by atoms with Crippen LogP contribution >= 0.6 is 11.6 Å². The minimum atomic E-state index is -4.16. The molecule has 0 heterocycles. The quantitative estimate of drug-likeness (QED) is 0.652. The number of nitrogens with zero attached hydrogens (tertiary/aromatic N) is 1. The molecule has 1 fully saturated rings. The first-order valence-electron chi connectivity index (χ1n) is 7.00. The molecule has 0 amide bonds. The van der Waals surface area contributed by atoms with Crippen LogP contribution in [0.4, 0.5) is 18.9 Å². The van der Waals surface area contributed by atoms with E-state index in [1.807, 2.05) is 0 Å². The van der Waals surface area contributed by atoms with Crippen LogP contribution < -0.4 is 5.32 Å². The number of rotatable bonds is 4. The Balaban J connectivity index is 1.98. The lowest BCUT2D eigenvalue weighted by atomic mass is 9.85. The summed E-state index contributed by atoms with van der Waals surface area (Å²) in [5.41, 5.74) is 0.433. The van der Waals surface area contributed by atoms with E-state index >= 15 is 0 Å². The Morgan fingerprint density at radius 3 is 2.73 bits per heavy atom. The fourth-order valence-electron chi connectivity index (χ4n) is 2.74. The molecular formula is C14H16ClF3N2O2. The third-order valence-corrected chi connectivity index (χ3v) is 4.33. The molecule has 0 radical (unpaired) electrons. The molecule has 2 unspecified atom stereocenters. The molecule has 4 nitrogen and oxygen atoms in total. The molecule has 22 heavy (non-hydrogen) atoms. The highest BCUT2D eigenvalue weighted by atomic mass is 35.5. The molecule has 0 saturated heterocycles. The molecule has 1 aliphatic carbocycles. The molecule has 0 aliphatic heterocycles. The summed E-state index contributed by atoms with van der Waals surface area (Å²) in [6, 6.07) is 3.82. The Hall–Kier alpha value is -1.34. The van der Waals surface area contributed by atoms with Crippen molar-refractivity contribution in [2.45, 2.75) is 44.4 Å². The van der Waals surface area contributed by atoms with Crippen LogP contribution in [0.1, 0.15) is 31.2 Å². The predicted molar refractivity (Wildman–Crippen MR) is 76.7 cm³/mol. The second kappa shape index (κ2) is 6.83. The summed E-state index contributed by atoms with van der Waals surface area (Å²) in [4.78, 5) is 10.2. The molecule has 2 atom stereocenters. The number of hydrogen-bond acceptors (Lipinski definition) is 3. The van der Waals surface area contributed by atoms with Crippen LogP contribution in [0.15, 0.2) is 18.2 Å². The lowest BCUT2D eigenvalue weighted by molar-refractivity contribution is -0.384. The largest absolute Gasteiger partial charge is 0.391 e. The van der Waals surface area contributed by atoms with Gasteiger partial charge in [-0.2, -0.15) is 13.2 Å². The Morgan fingerprint density at radius 1 is 1.36 bits per heavy atom. The van der Waals surface area contributed by atoms with Crippen molar-refractivity contribution < 1.29 is 18.1 Å². The standard InChI is InChI=1S/C14H16ClF3N2O2/c15-13-5-4-12(20(21)22)6-9(13)8-19-11-3-1-2-10(7-11)14(16,17)18/h4-6,10-11,19H,1-3,7-8H2. The minimum absolute atomic E-state index is 0.0377. The normalized spacial score (nSPS) is 22.5. The molecule has 2 rings (SSSR count). The van der Waals surface area contributed by atoms with Gasteiger partial charge in [-0.15, -0.1) is 0 Å². The Bertz CT molecular complexity index is 551. The highest BCUT2D eigenvalue weighted by Gasteiger charge is 2.42. The van der Waals surface area contributed by atoms with Gasteiger partial charge in [-0.25, -0.2) is 0 Å². The smallest absolute Gasteiger partial charge is 0.310 e. The van der Waals surface area contributed by atoms with Crippen molar-refractivity contribution in [2.24, 2.45) is 5.92 Å². The summed E-state index contributed by atoms with van der Waals surface area (Å²) in [6.45, 7) is 0.218. The maximum absolute atomic E-state index is 12.8. The summed E-state index contributed by atoms with van der Waals surface area (Å²) in [5.74, 6) is -1.28. The van der Waals surface area contributed by atoms with E-state index in [1.54, 1.807) is 0 Å². The third kappa shape index (κ3) is 4.33. The van der Waals surface area contributed by atoms with E-state index in [2.05, 4.69) is 5.32 Å². The number of nitrogens with one attached hydrogen (secondary N) is 1. The molecule has 1 aliphatic rings. The van der Waals surface area contributed by atoms with E-state index in [9.17, 15) is 23.3 Å². The Labute approximate surface area is 130 Å². The van der Waals surface area contributed by atoms with Crippen molar-refractivity contribution in [3.63, 3.8) is 0 Å². The summed E-state index contributed by atoms with van der Waals surface area (Å²) in [5, 5.41) is 14.1. The van der Waals surface area contributed by atoms with E-state index in [0.29, 0.717) is 23.4 Å². The van der Waals surface area contributed by atoms with Gasteiger partial charge in [-0.05, 0) is 30.9 Å². The number of non-ortho nitro benzene ring substituents is 1. The number of nitro groups is 1. The zero-order chi connectivity index (χ0) is 16.3. The zero-order valence-corrected chi connectivity index (χ0v) is 12.5. The molecule has 0 bridgehead atoms. The number of benzene rings is 1. The van der Waals surface area contributed by atoms with Gasteiger partial charge in [-0.1, -0.05) is 18.0 Å². The van der Waals surface area contributed by atoms with E-state index in [-0.39, 0.29) is 31.1 Å². The monoisotopic (exact) mass is 336 g/mol. The van der Waals surface area contributed by atoms with Crippen LogP contribution in [-0.2, 0) is 6.54 Å². The van der Waals surface area contributed by atoms with Crippen LogP contribution in [0.5, 0.6) is 0 Å². The van der Waals surface area contributed by atoms with E-state index < -0.39 is 17.0 Å². The fraction of sp³-hybridized carbons (Fsp3) is 0.571. The average molecular weight is 337 g/mol. The van der Waals surface area contributed by atoms with E-state index in [1.165, 1.54) is 18.2 Å². The van der Waals surface area contributed by atoms with Crippen molar-refractivity contribution in [3.05, 3.63) is 38.9 Å². The minimum Gasteiger partial charge on any atom is -0.310 e. The third-order valence-electron chi connectivity index (χ3n) is 3.96. The van der Waals surface area contributed by atoms with Crippen LogP contribution in [0, 0.1) is 16.0 Å². The topological polar surface area (TPSA) is 55.2 Å². The second-order valence-electron chi connectivity index (χ2n) is 5.52. The summed E-state index contributed by atoms with van der Waals surface area (Å²) in [7, 11) is 0. The molecule has 8 heteroatoms. The summed E-state index contributed by atoms with van der Waals surface area (Å²) < 4.78 is 38.3. The lowest BCUT2D eigenvalue weighted by Crippen LogP contribution is -2.38. The maximum Gasteiger partial charge on any atom is 0.391 e. The van der Waals surface area contributed by atoms with Gasteiger partial charge in [-0.3, -0.25) is 10.1 Å². The highest BCUT2D eigenvalue weighted by molar-refractivity contribution is 6.31. The summed E-state index contributed by atoms with van der Waals surface area (Å²) in [6.07, 6.45) is -2.78. The first-order valence-corrected chi connectivity index (χ1v) is 7.38. The average Bonchev–Trinajstić information content (AvgIpc) is 2.45. The molecule has 1 saturated carbocycles. The van der Waals surface area contributed by atoms with Gasteiger partial charge in [0.2, 0.25) is 0 Å². The van der Waals surface area contributed by atoms with Crippen LogP contribution in [0.2, 0.25) is 5.02 Å². The number of hydrogen-bond donors (Lipinski definition) is 1. The first-order chi connectivity index (χ1) is 10.3. The maximum atomic E-state index is 12.8. The fourth-order valence-corrected chi connectivity index (χ4v) is 2.92. The molecule has 0 spiro atoms. The van der Waals surface area contributed by atoms with Gasteiger partial charge < -0.3 is 5.32 Å². The first kappa shape index (κ1) is 17.0. The number of halogens is 4. The van der Waals surface area contributed by atoms with Gasteiger partial charge in [0.1, 0.15) is 0 Å². The van der Waals surface area contributed by atoms with Crippen molar-refractivity contribution in [1.29, 1.82) is 0 Å². The van der Waals surface area contributed by atoms with Crippen molar-refractivity contribution in [3.8, 4) is 0 Å². The molecule has 1 aromatic rings. The number of nitro benzene ring substituents is 1. The van der Waals surface area contributed by atoms with Crippen molar-refractivity contribution in [1.82, 2.24) is 5.32 Å². The van der Waals surface area contributed by atoms with Gasteiger partial charge >= 0.3 is 6.18 Å². The Morgan fingerprint density at radius 2 is 2.09 bits per heavy atom. The second-order valence-corrected chi connectivity index (χ2v) is 5.92. The SMILES string of the molecule is O=[N+]([O-])c1ccc(Cl)c(CNC2CCCC(C(F)(F)F)C2)c1. The highest BCUT2D eigenvalue weighted by Crippen LogP contribution is 2.37. The van der Waals surface area contributed by atoms with E-state index in [0.717, 1.165) is 0 Å². The van der Waals surface area contributed by atoms with Crippen LogP contribution in [-0.4, -0.2) is 17.1 Å².